The molecule has 0 bridgehead atoms. The molecule has 0 unspecified atom stereocenters. The molecule has 0 aliphatic carbocycles. The molecule has 0 fully saturated rings. The zero-order valence-corrected chi connectivity index (χ0v) is 12.1. The van der Waals surface area contributed by atoms with E-state index in [1.54, 1.807) is 12.3 Å². The second-order valence-electron chi connectivity index (χ2n) is 3.88. The number of ether oxygens (including phenoxy) is 1. The van der Waals surface area contributed by atoms with Crippen LogP contribution >= 0.6 is 27.5 Å². The lowest BCUT2D eigenvalue weighted by atomic mass is 10.2. The molecule has 1 heterocycles. The summed E-state index contributed by atoms with van der Waals surface area (Å²) in [5.74, 6) is 1.21. The number of hydrogen-bond donors (Lipinski definition) is 1. The van der Waals surface area contributed by atoms with Crippen LogP contribution in [0.5, 0.6) is 11.5 Å². The second kappa shape index (κ2) is 5.69. The van der Waals surface area contributed by atoms with E-state index in [0.29, 0.717) is 16.5 Å². The molecule has 2 aromatic rings. The molecular formula is C13H12BrClN2O. The number of benzene rings is 1. The third kappa shape index (κ3) is 3.22. The van der Waals surface area contributed by atoms with Crippen LogP contribution in [0.15, 0.2) is 41.0 Å². The van der Waals surface area contributed by atoms with Gasteiger partial charge in [-0.3, -0.25) is 4.98 Å². The topological polar surface area (TPSA) is 48.1 Å². The number of rotatable bonds is 3. The van der Waals surface area contributed by atoms with Crippen LogP contribution in [0.2, 0.25) is 5.02 Å². The first-order chi connectivity index (χ1) is 8.56. The molecule has 0 aliphatic heterocycles. The van der Waals surface area contributed by atoms with Gasteiger partial charge in [-0.2, -0.15) is 0 Å². The third-order valence-electron chi connectivity index (χ3n) is 2.35. The highest BCUT2D eigenvalue weighted by Crippen LogP contribution is 2.31. The van der Waals surface area contributed by atoms with Crippen LogP contribution in [-0.2, 0) is 0 Å². The van der Waals surface area contributed by atoms with Crippen molar-refractivity contribution in [3.05, 3.63) is 51.7 Å². The van der Waals surface area contributed by atoms with E-state index in [1.165, 1.54) is 0 Å². The Morgan fingerprint density at radius 3 is 2.72 bits per heavy atom. The maximum Gasteiger partial charge on any atom is 0.147 e. The largest absolute Gasteiger partial charge is 0.454 e. The summed E-state index contributed by atoms with van der Waals surface area (Å²) in [5.41, 5.74) is 6.55. The highest BCUT2D eigenvalue weighted by molar-refractivity contribution is 9.10. The summed E-state index contributed by atoms with van der Waals surface area (Å²) in [6.07, 6.45) is 1.63. The van der Waals surface area contributed by atoms with Gasteiger partial charge < -0.3 is 10.5 Å². The van der Waals surface area contributed by atoms with E-state index in [9.17, 15) is 0 Å². The van der Waals surface area contributed by atoms with Crippen molar-refractivity contribution < 1.29 is 4.74 Å². The number of aromatic nitrogens is 1. The Balaban J connectivity index is 2.21. The molecule has 0 radical (unpaired) electrons. The van der Waals surface area contributed by atoms with Crippen LogP contribution in [0, 0.1) is 0 Å². The normalized spacial score (nSPS) is 12.2. The molecule has 0 saturated carbocycles. The molecule has 18 heavy (non-hydrogen) atoms. The van der Waals surface area contributed by atoms with Gasteiger partial charge in [0.25, 0.3) is 0 Å². The van der Waals surface area contributed by atoms with E-state index in [-0.39, 0.29) is 6.04 Å². The summed E-state index contributed by atoms with van der Waals surface area (Å²) in [6.45, 7) is 1.88. The van der Waals surface area contributed by atoms with Gasteiger partial charge in [-0.25, -0.2) is 0 Å². The Morgan fingerprint density at radius 2 is 2.11 bits per heavy atom. The van der Waals surface area contributed by atoms with Crippen molar-refractivity contribution in [3.63, 3.8) is 0 Å². The van der Waals surface area contributed by atoms with Crippen LogP contribution in [-0.4, -0.2) is 4.98 Å². The van der Waals surface area contributed by atoms with Gasteiger partial charge in [0.2, 0.25) is 0 Å². The Kier molecular flexibility index (Phi) is 4.22. The van der Waals surface area contributed by atoms with Gasteiger partial charge in [0.15, 0.2) is 0 Å². The van der Waals surface area contributed by atoms with Crippen molar-refractivity contribution in [2.75, 3.05) is 0 Å². The minimum atomic E-state index is -0.0893. The van der Waals surface area contributed by atoms with Crippen LogP contribution < -0.4 is 10.5 Å². The van der Waals surface area contributed by atoms with Crippen LogP contribution in [0.25, 0.3) is 0 Å². The van der Waals surface area contributed by atoms with E-state index in [2.05, 4.69) is 20.9 Å². The average Bonchev–Trinajstić information content (AvgIpc) is 2.34. The van der Waals surface area contributed by atoms with E-state index in [4.69, 9.17) is 22.1 Å². The molecule has 2 N–H and O–H groups in total. The first-order valence-electron chi connectivity index (χ1n) is 5.40. The summed E-state index contributed by atoms with van der Waals surface area (Å²) < 4.78 is 6.56. The second-order valence-corrected chi connectivity index (χ2v) is 5.21. The van der Waals surface area contributed by atoms with Gasteiger partial charge in [-0.1, -0.05) is 27.5 Å². The van der Waals surface area contributed by atoms with Gasteiger partial charge in [0, 0.05) is 10.5 Å². The average molecular weight is 328 g/mol. The maximum absolute atomic E-state index is 6.04. The number of halogens is 2. The van der Waals surface area contributed by atoms with Gasteiger partial charge in [-0.15, -0.1) is 0 Å². The Morgan fingerprint density at radius 1 is 1.33 bits per heavy atom. The van der Waals surface area contributed by atoms with E-state index in [1.807, 2.05) is 31.2 Å². The van der Waals surface area contributed by atoms with E-state index < -0.39 is 0 Å². The molecule has 3 nitrogen and oxygen atoms in total. The van der Waals surface area contributed by atoms with Gasteiger partial charge in [0.05, 0.1) is 16.9 Å². The molecule has 1 atom stereocenters. The fourth-order valence-electron chi connectivity index (χ4n) is 1.40. The molecule has 2 rings (SSSR count). The number of hydrogen-bond acceptors (Lipinski definition) is 3. The van der Waals surface area contributed by atoms with Gasteiger partial charge >= 0.3 is 0 Å². The van der Waals surface area contributed by atoms with Crippen molar-refractivity contribution in [2.24, 2.45) is 5.73 Å². The standard InChI is InChI=1S/C13H12BrClN2O/c1-8(16)12-5-3-10(7-17-12)18-13-6-9(14)2-4-11(13)15/h2-8H,16H2,1H3/t8-/m0/s1. The predicted molar refractivity (Wildman–Crippen MR) is 76.1 cm³/mol. The van der Waals surface area contributed by atoms with Crippen molar-refractivity contribution in [3.8, 4) is 11.5 Å². The summed E-state index contributed by atoms with van der Waals surface area (Å²) in [5, 5.41) is 0.550. The van der Waals surface area contributed by atoms with Crippen LogP contribution in [0.1, 0.15) is 18.7 Å². The first-order valence-corrected chi connectivity index (χ1v) is 6.58. The smallest absolute Gasteiger partial charge is 0.147 e. The minimum Gasteiger partial charge on any atom is -0.454 e. The lowest BCUT2D eigenvalue weighted by Crippen LogP contribution is -2.06. The van der Waals surface area contributed by atoms with Crippen molar-refractivity contribution >= 4 is 27.5 Å². The molecule has 5 heteroatoms. The van der Waals surface area contributed by atoms with Crippen LogP contribution in [0.3, 0.4) is 0 Å². The third-order valence-corrected chi connectivity index (χ3v) is 3.15. The monoisotopic (exact) mass is 326 g/mol. The predicted octanol–water partition coefficient (Wildman–Crippen LogP) is 4.31. The fourth-order valence-corrected chi connectivity index (χ4v) is 1.90. The Bertz CT molecular complexity index is 543. The number of pyridine rings is 1. The highest BCUT2D eigenvalue weighted by atomic mass is 79.9. The molecule has 1 aromatic heterocycles. The molecule has 0 spiro atoms. The van der Waals surface area contributed by atoms with Gasteiger partial charge in [0.1, 0.15) is 11.5 Å². The SMILES string of the molecule is C[C@H](N)c1ccc(Oc2cc(Br)ccc2Cl)cn1. The van der Waals surface area contributed by atoms with Crippen molar-refractivity contribution in [1.82, 2.24) is 4.98 Å². The molecule has 0 aliphatic rings. The zero-order valence-electron chi connectivity index (χ0n) is 9.73. The molecule has 0 amide bonds. The molecule has 0 saturated heterocycles. The van der Waals surface area contributed by atoms with Crippen LogP contribution in [0.4, 0.5) is 0 Å². The highest BCUT2D eigenvalue weighted by Gasteiger charge is 2.05. The lowest BCUT2D eigenvalue weighted by Gasteiger charge is -2.09. The quantitative estimate of drug-likeness (QED) is 0.914. The van der Waals surface area contributed by atoms with E-state index >= 15 is 0 Å². The Hall–Kier alpha value is -1.10. The van der Waals surface area contributed by atoms with Crippen molar-refractivity contribution in [1.29, 1.82) is 0 Å². The Labute approximate surface area is 119 Å². The fraction of sp³-hybridized carbons (Fsp3) is 0.154. The summed E-state index contributed by atoms with van der Waals surface area (Å²) >= 11 is 9.41. The lowest BCUT2D eigenvalue weighted by molar-refractivity contribution is 0.479. The van der Waals surface area contributed by atoms with E-state index in [0.717, 1.165) is 10.2 Å². The molecule has 94 valence electrons. The summed E-state index contributed by atoms with van der Waals surface area (Å²) in [7, 11) is 0. The maximum atomic E-state index is 6.04. The first kappa shape index (κ1) is 13.3. The van der Waals surface area contributed by atoms with Gasteiger partial charge in [-0.05, 0) is 37.3 Å². The minimum absolute atomic E-state index is 0.0893. The molecular weight excluding hydrogens is 316 g/mol. The van der Waals surface area contributed by atoms with Crippen molar-refractivity contribution in [2.45, 2.75) is 13.0 Å². The summed E-state index contributed by atoms with van der Waals surface area (Å²) in [6, 6.07) is 9.00. The number of nitrogens with two attached hydrogens (primary N) is 1. The zero-order chi connectivity index (χ0) is 13.1. The molecule has 1 aromatic carbocycles. The summed E-state index contributed by atoms with van der Waals surface area (Å²) in [4.78, 5) is 4.22. The number of nitrogens with zero attached hydrogens (tertiary/aromatic N) is 1.